The second-order valence-electron chi connectivity index (χ2n) is 7.52. The second-order valence-corrected chi connectivity index (χ2v) is 7.52. The van der Waals surface area contributed by atoms with Gasteiger partial charge in [-0.25, -0.2) is 9.59 Å². The zero-order chi connectivity index (χ0) is 23.6. The van der Waals surface area contributed by atoms with Crippen molar-refractivity contribution >= 4 is 12.0 Å². The molecule has 0 saturated carbocycles. The minimum Gasteiger partial charge on any atom is -0.492 e. The highest BCUT2D eigenvalue weighted by atomic mass is 16.5. The number of carbonyl (C=O) groups is 2. The third-order valence-corrected chi connectivity index (χ3v) is 4.78. The van der Waals surface area contributed by atoms with Gasteiger partial charge in [0, 0.05) is 39.3 Å². The number of carbonyl (C=O) groups excluding carboxylic acids is 1. The van der Waals surface area contributed by atoms with Gasteiger partial charge in [0.25, 0.3) is 0 Å². The lowest BCUT2D eigenvalue weighted by Crippen LogP contribution is -2.43. The number of hydrogen-bond donors (Lipinski definition) is 2. The van der Waals surface area contributed by atoms with Gasteiger partial charge in [0.2, 0.25) is 0 Å². The topological polar surface area (TPSA) is 97.3 Å². The fraction of sp³-hybridized carbons (Fsp3) is 0.667. The van der Waals surface area contributed by atoms with Crippen LogP contribution in [0.5, 0.6) is 5.75 Å². The summed E-state index contributed by atoms with van der Waals surface area (Å²) in [6.07, 6.45) is 3.19. The van der Waals surface area contributed by atoms with Gasteiger partial charge in [-0.2, -0.15) is 0 Å². The number of carboxylic acids is 1. The summed E-state index contributed by atoms with van der Waals surface area (Å²) in [5.74, 6) is -0.292. The molecule has 0 aliphatic heterocycles. The van der Waals surface area contributed by atoms with Crippen LogP contribution in [-0.4, -0.2) is 74.2 Å². The summed E-state index contributed by atoms with van der Waals surface area (Å²) >= 11 is 0. The molecular formula is C24H40N2O6. The van der Waals surface area contributed by atoms with Gasteiger partial charge in [-0.1, -0.05) is 32.4 Å². The zero-order valence-electron chi connectivity index (χ0n) is 19.8. The molecule has 8 heteroatoms. The van der Waals surface area contributed by atoms with Gasteiger partial charge in [-0.15, -0.1) is 0 Å². The molecule has 0 heterocycles. The highest BCUT2D eigenvalue weighted by Crippen LogP contribution is 2.15. The molecule has 182 valence electrons. The van der Waals surface area contributed by atoms with E-state index in [2.05, 4.69) is 19.2 Å². The molecule has 2 N–H and O–H groups in total. The molecule has 0 radical (unpaired) electrons. The van der Waals surface area contributed by atoms with Crippen LogP contribution >= 0.6 is 0 Å². The van der Waals surface area contributed by atoms with Gasteiger partial charge in [0.15, 0.2) is 6.10 Å². The maximum absolute atomic E-state index is 12.5. The Morgan fingerprint density at radius 3 is 2.38 bits per heavy atom. The normalized spacial score (nSPS) is 11.7. The van der Waals surface area contributed by atoms with E-state index in [0.717, 1.165) is 37.9 Å². The molecule has 0 bridgehead atoms. The lowest BCUT2D eigenvalue weighted by atomic mass is 10.1. The quantitative estimate of drug-likeness (QED) is 0.330. The van der Waals surface area contributed by atoms with Crippen LogP contribution in [-0.2, 0) is 20.7 Å². The Labute approximate surface area is 192 Å². The minimum absolute atomic E-state index is 0.0801. The fourth-order valence-corrected chi connectivity index (χ4v) is 3.03. The number of rotatable bonds is 18. The fourth-order valence-electron chi connectivity index (χ4n) is 3.03. The van der Waals surface area contributed by atoms with Crippen molar-refractivity contribution in [3.05, 3.63) is 29.8 Å². The van der Waals surface area contributed by atoms with Crippen LogP contribution in [0.2, 0.25) is 0 Å². The van der Waals surface area contributed by atoms with E-state index in [0.29, 0.717) is 51.6 Å². The van der Waals surface area contributed by atoms with Crippen LogP contribution < -0.4 is 10.1 Å². The van der Waals surface area contributed by atoms with Crippen molar-refractivity contribution in [2.45, 2.75) is 59.0 Å². The predicted molar refractivity (Wildman–Crippen MR) is 124 cm³/mol. The summed E-state index contributed by atoms with van der Waals surface area (Å²) in [6.45, 7) is 9.77. The van der Waals surface area contributed by atoms with Crippen molar-refractivity contribution in [3.8, 4) is 5.75 Å². The van der Waals surface area contributed by atoms with E-state index in [1.807, 2.05) is 24.3 Å². The molecule has 0 spiro atoms. The summed E-state index contributed by atoms with van der Waals surface area (Å²) in [7, 11) is 0. The number of ether oxygens (including phenoxy) is 3. The van der Waals surface area contributed by atoms with Gasteiger partial charge < -0.3 is 29.5 Å². The van der Waals surface area contributed by atoms with Gasteiger partial charge in [-0.05, 0) is 43.9 Å². The van der Waals surface area contributed by atoms with Crippen molar-refractivity contribution in [1.82, 2.24) is 10.2 Å². The third-order valence-electron chi connectivity index (χ3n) is 4.78. The molecule has 0 fully saturated rings. The Morgan fingerprint density at radius 1 is 1.00 bits per heavy atom. The number of nitrogens with zero attached hydrogens (tertiary/aromatic N) is 1. The number of unbranched alkanes of at least 4 members (excludes halogenated alkanes) is 1. The Balaban J connectivity index is 2.52. The van der Waals surface area contributed by atoms with Gasteiger partial charge >= 0.3 is 12.0 Å². The molecule has 2 amide bonds. The molecule has 1 atom stereocenters. The summed E-state index contributed by atoms with van der Waals surface area (Å²) in [6, 6.07) is 7.22. The summed E-state index contributed by atoms with van der Waals surface area (Å²) < 4.78 is 16.6. The average Bonchev–Trinajstić information content (AvgIpc) is 2.78. The van der Waals surface area contributed by atoms with Crippen molar-refractivity contribution in [2.24, 2.45) is 0 Å². The summed E-state index contributed by atoms with van der Waals surface area (Å²) in [5, 5.41) is 12.2. The lowest BCUT2D eigenvalue weighted by Gasteiger charge is -2.23. The first kappa shape index (κ1) is 27.7. The first-order chi connectivity index (χ1) is 15.5. The Kier molecular flexibility index (Phi) is 14.9. The van der Waals surface area contributed by atoms with Crippen LogP contribution in [0.3, 0.4) is 0 Å². The van der Waals surface area contributed by atoms with E-state index in [1.54, 1.807) is 11.8 Å². The molecule has 1 aromatic carbocycles. The molecule has 1 aromatic rings. The van der Waals surface area contributed by atoms with Gasteiger partial charge in [0.1, 0.15) is 12.4 Å². The van der Waals surface area contributed by atoms with Crippen molar-refractivity contribution in [2.75, 3.05) is 46.1 Å². The first-order valence-corrected chi connectivity index (χ1v) is 11.7. The molecule has 32 heavy (non-hydrogen) atoms. The number of carboxylic acid groups (broad SMARTS) is 1. The summed E-state index contributed by atoms with van der Waals surface area (Å²) in [5.41, 5.74) is 0.863. The third kappa shape index (κ3) is 11.9. The molecule has 1 rings (SSSR count). The van der Waals surface area contributed by atoms with E-state index >= 15 is 0 Å². The smallest absolute Gasteiger partial charge is 0.333 e. The van der Waals surface area contributed by atoms with Gasteiger partial charge in [-0.3, -0.25) is 0 Å². The minimum atomic E-state index is -0.968. The molecule has 0 aromatic heterocycles. The number of urea groups is 1. The average molecular weight is 453 g/mol. The molecular weight excluding hydrogens is 412 g/mol. The zero-order valence-corrected chi connectivity index (χ0v) is 19.8. The van der Waals surface area contributed by atoms with E-state index in [-0.39, 0.29) is 6.03 Å². The number of aliphatic carboxylic acids is 1. The lowest BCUT2D eigenvalue weighted by molar-refractivity contribution is -0.149. The highest BCUT2D eigenvalue weighted by molar-refractivity contribution is 5.74. The van der Waals surface area contributed by atoms with E-state index in [4.69, 9.17) is 14.2 Å². The maximum atomic E-state index is 12.5. The van der Waals surface area contributed by atoms with E-state index < -0.39 is 12.1 Å². The monoisotopic (exact) mass is 452 g/mol. The highest BCUT2D eigenvalue weighted by Gasteiger charge is 2.18. The first-order valence-electron chi connectivity index (χ1n) is 11.7. The predicted octanol–water partition coefficient (Wildman–Crippen LogP) is 3.73. The number of benzene rings is 1. The number of nitrogens with one attached hydrogen (secondary N) is 1. The van der Waals surface area contributed by atoms with Crippen LogP contribution in [0.4, 0.5) is 4.79 Å². The van der Waals surface area contributed by atoms with Crippen LogP contribution in [0.15, 0.2) is 24.3 Å². The Morgan fingerprint density at radius 2 is 1.75 bits per heavy atom. The van der Waals surface area contributed by atoms with Crippen molar-refractivity contribution in [3.63, 3.8) is 0 Å². The van der Waals surface area contributed by atoms with Crippen LogP contribution in [0.1, 0.15) is 52.0 Å². The Hall–Kier alpha value is -2.32. The molecule has 0 aliphatic rings. The van der Waals surface area contributed by atoms with Crippen molar-refractivity contribution in [1.29, 1.82) is 0 Å². The molecule has 1 unspecified atom stereocenters. The second kappa shape index (κ2) is 17.3. The number of amides is 2. The standard InChI is InChI=1S/C24H40N2O6/c1-4-7-13-25-24(29)26(14-8-17-30-16-5-2)15-18-32-21-11-9-20(10-12-21)19-22(23(27)28)31-6-3/h9-12,22H,4-8,13-19H2,1-3H3,(H,25,29)(H,27,28). The van der Waals surface area contributed by atoms with E-state index in [1.165, 1.54) is 0 Å². The molecule has 0 saturated heterocycles. The van der Waals surface area contributed by atoms with Crippen LogP contribution in [0, 0.1) is 0 Å². The van der Waals surface area contributed by atoms with Crippen molar-refractivity contribution < 1.29 is 28.9 Å². The summed E-state index contributed by atoms with van der Waals surface area (Å²) in [4.78, 5) is 25.5. The van der Waals surface area contributed by atoms with E-state index in [9.17, 15) is 14.7 Å². The van der Waals surface area contributed by atoms with Gasteiger partial charge in [0.05, 0.1) is 6.54 Å². The maximum Gasteiger partial charge on any atom is 0.333 e. The molecule has 8 nitrogen and oxygen atoms in total. The Bertz CT molecular complexity index is 638. The van der Waals surface area contributed by atoms with Crippen LogP contribution in [0.25, 0.3) is 0 Å². The number of hydrogen-bond acceptors (Lipinski definition) is 5. The largest absolute Gasteiger partial charge is 0.492 e. The molecule has 0 aliphatic carbocycles. The SMILES string of the molecule is CCCCNC(=O)N(CCCOCCC)CCOc1ccc(CC(OCC)C(=O)O)cc1.